The molecule has 1 fully saturated rings. The first kappa shape index (κ1) is 47.6. The van der Waals surface area contributed by atoms with E-state index < -0.39 is 55.4 Å². The second-order valence-corrected chi connectivity index (χ2v) is 12.8. The summed E-state index contributed by atoms with van der Waals surface area (Å²) >= 11 is 0. The van der Waals surface area contributed by atoms with Crippen LogP contribution in [-0.4, -0.2) is 89.0 Å². The van der Waals surface area contributed by atoms with Gasteiger partial charge in [0.2, 0.25) is 0 Å². The Labute approximate surface area is 317 Å². The quantitative estimate of drug-likeness (QED) is 0.0352. The van der Waals surface area contributed by atoms with Crippen molar-refractivity contribution in [2.24, 2.45) is 0 Å². The van der Waals surface area contributed by atoms with Crippen LogP contribution in [0.1, 0.15) is 104 Å². The van der Waals surface area contributed by atoms with Crippen molar-refractivity contribution in [3.05, 3.63) is 97.2 Å². The molecule has 0 radical (unpaired) electrons. The van der Waals surface area contributed by atoms with E-state index in [-0.39, 0.29) is 26.1 Å². The highest BCUT2D eigenvalue weighted by atomic mass is 16.7. The molecule has 0 bridgehead atoms. The smallest absolute Gasteiger partial charge is 0.306 e. The number of ether oxygens (including phenoxy) is 4. The number of carbonyl (C=O) groups excluding carboxylic acids is 2. The summed E-state index contributed by atoms with van der Waals surface area (Å²) < 4.78 is 22.0. The van der Waals surface area contributed by atoms with Crippen LogP contribution in [0, 0.1) is 0 Å². The highest BCUT2D eigenvalue weighted by Crippen LogP contribution is 2.22. The summed E-state index contributed by atoms with van der Waals surface area (Å²) in [6.45, 7) is 3.03. The van der Waals surface area contributed by atoms with Crippen LogP contribution in [-0.2, 0) is 28.5 Å². The molecular weight excluding hydrogens is 676 g/mol. The number of aliphatic hydroxyl groups excluding tert-OH is 4. The average molecular weight is 743 g/mol. The Bertz CT molecular complexity index is 1180. The second kappa shape index (κ2) is 33.2. The van der Waals surface area contributed by atoms with Crippen LogP contribution in [0.15, 0.2) is 97.2 Å². The van der Waals surface area contributed by atoms with Gasteiger partial charge in [-0.15, -0.1) is 0 Å². The molecule has 1 saturated heterocycles. The first-order valence-corrected chi connectivity index (χ1v) is 19.4. The first-order valence-electron chi connectivity index (χ1n) is 19.4. The van der Waals surface area contributed by atoms with Crippen LogP contribution in [0.25, 0.3) is 0 Å². The molecule has 6 atom stereocenters. The molecule has 298 valence electrons. The maximum Gasteiger partial charge on any atom is 0.306 e. The van der Waals surface area contributed by atoms with Crippen molar-refractivity contribution in [2.45, 2.75) is 141 Å². The first-order chi connectivity index (χ1) is 25.8. The summed E-state index contributed by atoms with van der Waals surface area (Å²) in [4.78, 5) is 25.2. The molecular formula is C43H66O10. The zero-order chi connectivity index (χ0) is 38.8. The van der Waals surface area contributed by atoms with Crippen molar-refractivity contribution in [3.63, 3.8) is 0 Å². The molecule has 0 spiro atoms. The van der Waals surface area contributed by atoms with Crippen molar-refractivity contribution >= 4 is 11.9 Å². The minimum absolute atomic E-state index is 0.172. The van der Waals surface area contributed by atoms with Gasteiger partial charge in [-0.3, -0.25) is 9.59 Å². The van der Waals surface area contributed by atoms with E-state index in [0.29, 0.717) is 12.8 Å². The molecule has 0 aromatic carbocycles. The maximum atomic E-state index is 12.7. The van der Waals surface area contributed by atoms with Gasteiger partial charge in [0, 0.05) is 12.8 Å². The van der Waals surface area contributed by atoms with Gasteiger partial charge in [-0.2, -0.15) is 0 Å². The fraction of sp³-hybridized carbons (Fsp3) is 0.581. The van der Waals surface area contributed by atoms with Gasteiger partial charge in [0.15, 0.2) is 12.4 Å². The van der Waals surface area contributed by atoms with Crippen LogP contribution in [0.3, 0.4) is 0 Å². The Hall–Kier alpha value is -3.38. The number of rotatable bonds is 29. The van der Waals surface area contributed by atoms with Gasteiger partial charge in [0.1, 0.15) is 31.0 Å². The van der Waals surface area contributed by atoms with E-state index in [4.69, 9.17) is 18.9 Å². The lowest BCUT2D eigenvalue weighted by molar-refractivity contribution is -0.305. The fourth-order valence-corrected chi connectivity index (χ4v) is 5.09. The topological polar surface area (TPSA) is 152 Å². The number of aliphatic hydroxyl groups is 4. The highest BCUT2D eigenvalue weighted by molar-refractivity contribution is 5.70. The van der Waals surface area contributed by atoms with Crippen LogP contribution >= 0.6 is 0 Å². The third-order valence-electron chi connectivity index (χ3n) is 8.15. The molecule has 0 aliphatic carbocycles. The summed E-state index contributed by atoms with van der Waals surface area (Å²) in [5.74, 6) is -0.895. The molecule has 1 heterocycles. The number of allylic oxidation sites excluding steroid dienone is 16. The Morgan fingerprint density at radius 1 is 0.585 bits per heavy atom. The van der Waals surface area contributed by atoms with Crippen LogP contribution < -0.4 is 0 Å². The van der Waals surface area contributed by atoms with Gasteiger partial charge in [0.05, 0.1) is 13.2 Å². The predicted octanol–water partition coefficient (Wildman–Crippen LogP) is 7.21. The third kappa shape index (κ3) is 25.3. The zero-order valence-electron chi connectivity index (χ0n) is 32.0. The number of hydrogen-bond donors (Lipinski definition) is 4. The number of carbonyl (C=O) groups is 2. The maximum absolute atomic E-state index is 12.7. The number of esters is 2. The molecule has 0 aromatic heterocycles. The van der Waals surface area contributed by atoms with Gasteiger partial charge < -0.3 is 39.4 Å². The van der Waals surface area contributed by atoms with Crippen LogP contribution in [0.2, 0.25) is 0 Å². The molecule has 10 nitrogen and oxygen atoms in total. The predicted molar refractivity (Wildman–Crippen MR) is 210 cm³/mol. The van der Waals surface area contributed by atoms with Crippen LogP contribution in [0.4, 0.5) is 0 Å². The van der Waals surface area contributed by atoms with E-state index in [1.54, 1.807) is 0 Å². The van der Waals surface area contributed by atoms with E-state index in [1.165, 1.54) is 0 Å². The van der Waals surface area contributed by atoms with Crippen molar-refractivity contribution in [3.8, 4) is 0 Å². The normalized spacial score (nSPS) is 22.0. The zero-order valence-corrected chi connectivity index (χ0v) is 32.0. The number of hydrogen-bond acceptors (Lipinski definition) is 10. The lowest BCUT2D eigenvalue weighted by atomic mass is 9.99. The lowest BCUT2D eigenvalue weighted by Gasteiger charge is -2.39. The molecule has 0 saturated carbocycles. The van der Waals surface area contributed by atoms with Gasteiger partial charge >= 0.3 is 11.9 Å². The van der Waals surface area contributed by atoms with Gasteiger partial charge in [-0.1, -0.05) is 137 Å². The van der Waals surface area contributed by atoms with E-state index in [1.807, 2.05) is 66.8 Å². The minimum Gasteiger partial charge on any atom is -0.462 e. The van der Waals surface area contributed by atoms with E-state index >= 15 is 0 Å². The molecule has 3 unspecified atom stereocenters. The minimum atomic E-state index is -1.61. The monoisotopic (exact) mass is 742 g/mol. The van der Waals surface area contributed by atoms with Crippen molar-refractivity contribution < 1.29 is 49.0 Å². The van der Waals surface area contributed by atoms with E-state index in [2.05, 4.69) is 44.2 Å². The molecule has 53 heavy (non-hydrogen) atoms. The second-order valence-electron chi connectivity index (χ2n) is 12.8. The highest BCUT2D eigenvalue weighted by Gasteiger charge is 2.44. The molecule has 4 N–H and O–H groups in total. The molecule has 10 heteroatoms. The molecule has 0 aromatic rings. The SMILES string of the molecule is CC/C=C/C=C/C=C/C=C/CCCCCCCC(=O)OCC(CO[C@H]1O[C@@H](CO)[C@@H](O)C(O)C1O)OC(=O)CCCCC/C=C/C=C/C=C/C=C/CC. The summed E-state index contributed by atoms with van der Waals surface area (Å²) in [6.07, 6.45) is 35.6. The molecule has 1 aliphatic rings. The van der Waals surface area contributed by atoms with Gasteiger partial charge in [-0.25, -0.2) is 0 Å². The standard InChI is InChI=1S/C43H66O10/c1-3-5-7-9-11-13-15-17-18-20-21-23-25-27-29-31-38(45)50-34-36(35-51-43-42(49)41(48)40(47)37(33-44)53-43)52-39(46)32-30-28-26-24-22-19-16-14-12-10-8-6-4-2/h5-19,22,36-37,40-44,47-49H,3-4,20-21,23-35H2,1-2H3/b7-5+,8-6+,11-9+,12-10+,15-13+,16-14+,18-17+,22-19+/t36?,37-,40+,41?,42?,43-/m0/s1. The largest absolute Gasteiger partial charge is 0.462 e. The Morgan fingerprint density at radius 3 is 1.60 bits per heavy atom. The third-order valence-corrected chi connectivity index (χ3v) is 8.15. The average Bonchev–Trinajstić information content (AvgIpc) is 3.15. The Kier molecular flexibility index (Phi) is 29.9. The molecule has 0 amide bonds. The van der Waals surface area contributed by atoms with Crippen LogP contribution in [0.5, 0.6) is 0 Å². The Morgan fingerprint density at radius 2 is 1.06 bits per heavy atom. The summed E-state index contributed by atoms with van der Waals surface area (Å²) in [5.41, 5.74) is 0. The van der Waals surface area contributed by atoms with E-state index in [9.17, 15) is 30.0 Å². The van der Waals surface area contributed by atoms with E-state index in [0.717, 1.165) is 64.2 Å². The van der Waals surface area contributed by atoms with Crippen molar-refractivity contribution in [1.29, 1.82) is 0 Å². The Balaban J connectivity index is 2.45. The van der Waals surface area contributed by atoms with Gasteiger partial charge in [-0.05, 0) is 51.4 Å². The van der Waals surface area contributed by atoms with Gasteiger partial charge in [0.25, 0.3) is 0 Å². The molecule has 1 rings (SSSR count). The lowest BCUT2D eigenvalue weighted by Crippen LogP contribution is -2.59. The summed E-state index contributed by atoms with van der Waals surface area (Å²) in [6, 6.07) is 0. The van der Waals surface area contributed by atoms with Crippen molar-refractivity contribution in [2.75, 3.05) is 19.8 Å². The summed E-state index contributed by atoms with van der Waals surface area (Å²) in [7, 11) is 0. The number of unbranched alkanes of at least 4 members (excludes halogenated alkanes) is 8. The fourth-order valence-electron chi connectivity index (χ4n) is 5.09. The summed E-state index contributed by atoms with van der Waals surface area (Å²) in [5, 5.41) is 39.9. The van der Waals surface area contributed by atoms with Crippen molar-refractivity contribution in [1.82, 2.24) is 0 Å². The molecule has 1 aliphatic heterocycles.